The highest BCUT2D eigenvalue weighted by atomic mass is 35.5. The predicted octanol–water partition coefficient (Wildman–Crippen LogP) is 2.96. The molecular formula is C18H18ClNO3S. The fraction of sp³-hybridized carbons (Fsp3) is 0.278. The molecule has 0 bridgehead atoms. The minimum absolute atomic E-state index is 0.0407. The van der Waals surface area contributed by atoms with Gasteiger partial charge in [-0.1, -0.05) is 41.9 Å². The number of nitrogens with one attached hydrogen (secondary N) is 1. The van der Waals surface area contributed by atoms with Crippen molar-refractivity contribution in [1.29, 1.82) is 0 Å². The molecule has 1 N–H and O–H groups in total. The van der Waals surface area contributed by atoms with Crippen LogP contribution in [0.1, 0.15) is 18.4 Å². The van der Waals surface area contributed by atoms with Gasteiger partial charge in [-0.15, -0.1) is 0 Å². The Bertz CT molecular complexity index is 828. The Kier molecular flexibility index (Phi) is 4.65. The summed E-state index contributed by atoms with van der Waals surface area (Å²) in [6.45, 7) is 0.464. The largest absolute Gasteiger partial charge is 0.354 e. The quantitative estimate of drug-likeness (QED) is 0.858. The van der Waals surface area contributed by atoms with E-state index in [2.05, 4.69) is 5.32 Å². The van der Waals surface area contributed by atoms with Crippen LogP contribution < -0.4 is 5.32 Å². The summed E-state index contributed by atoms with van der Waals surface area (Å²) in [7, 11) is -3.66. The summed E-state index contributed by atoms with van der Waals surface area (Å²) in [4.78, 5) is 12.2. The molecule has 0 spiro atoms. The Morgan fingerprint density at radius 2 is 1.67 bits per heavy atom. The first-order valence-electron chi connectivity index (χ1n) is 7.72. The molecule has 126 valence electrons. The zero-order valence-electron chi connectivity index (χ0n) is 13.0. The van der Waals surface area contributed by atoms with Crippen molar-refractivity contribution in [1.82, 2.24) is 5.32 Å². The first-order chi connectivity index (χ1) is 11.4. The lowest BCUT2D eigenvalue weighted by Gasteiger charge is -2.16. The van der Waals surface area contributed by atoms with Crippen LogP contribution >= 0.6 is 11.6 Å². The summed E-state index contributed by atoms with van der Waals surface area (Å²) in [5.74, 6) is -1.04. The van der Waals surface area contributed by atoms with Crippen LogP contribution in [0.4, 0.5) is 0 Å². The van der Waals surface area contributed by atoms with E-state index in [0.29, 0.717) is 11.6 Å². The van der Waals surface area contributed by atoms with Crippen LogP contribution in [-0.2, 0) is 20.0 Å². The van der Waals surface area contributed by atoms with Crippen molar-refractivity contribution in [2.45, 2.75) is 23.2 Å². The van der Waals surface area contributed by atoms with Crippen LogP contribution in [0.25, 0.3) is 0 Å². The summed E-state index contributed by atoms with van der Waals surface area (Å²) >= 11 is 5.76. The first kappa shape index (κ1) is 17.0. The molecule has 0 aromatic heterocycles. The molecule has 6 heteroatoms. The predicted molar refractivity (Wildman–Crippen MR) is 93.9 cm³/mol. The minimum Gasteiger partial charge on any atom is -0.354 e. The van der Waals surface area contributed by atoms with E-state index in [9.17, 15) is 13.2 Å². The fourth-order valence-electron chi connectivity index (χ4n) is 2.73. The normalized spacial score (nSPS) is 15.7. The molecule has 2 aromatic rings. The van der Waals surface area contributed by atoms with Crippen LogP contribution in [0.3, 0.4) is 0 Å². The zero-order chi connectivity index (χ0) is 17.2. The third-order valence-corrected chi connectivity index (χ3v) is 6.24. The number of halogens is 1. The molecule has 0 heterocycles. The third kappa shape index (κ3) is 3.79. The van der Waals surface area contributed by atoms with E-state index in [0.717, 1.165) is 12.8 Å². The maximum absolute atomic E-state index is 12.3. The van der Waals surface area contributed by atoms with E-state index >= 15 is 0 Å². The second kappa shape index (κ2) is 6.57. The maximum Gasteiger partial charge on any atom is 0.235 e. The second-order valence-electron chi connectivity index (χ2n) is 6.14. The van der Waals surface area contributed by atoms with Gasteiger partial charge in [0.25, 0.3) is 0 Å². The average Bonchev–Trinajstić information content (AvgIpc) is 3.35. The van der Waals surface area contributed by atoms with Crippen molar-refractivity contribution in [3.05, 3.63) is 65.2 Å². The summed E-state index contributed by atoms with van der Waals surface area (Å²) < 4.78 is 24.5. The second-order valence-corrected chi connectivity index (χ2v) is 8.56. The van der Waals surface area contributed by atoms with Gasteiger partial charge in [0.1, 0.15) is 5.75 Å². The number of benzene rings is 2. The molecular weight excluding hydrogens is 346 g/mol. The van der Waals surface area contributed by atoms with Gasteiger partial charge in [-0.05, 0) is 42.7 Å². The van der Waals surface area contributed by atoms with Crippen molar-refractivity contribution >= 4 is 27.3 Å². The van der Waals surface area contributed by atoms with Gasteiger partial charge in [0.15, 0.2) is 9.84 Å². The zero-order valence-corrected chi connectivity index (χ0v) is 14.6. The molecule has 1 aliphatic carbocycles. The topological polar surface area (TPSA) is 63.2 Å². The summed E-state index contributed by atoms with van der Waals surface area (Å²) in [5.41, 5.74) is 1.15. The third-order valence-electron chi connectivity index (χ3n) is 4.36. The van der Waals surface area contributed by atoms with E-state index in [1.807, 2.05) is 30.3 Å². The molecule has 1 fully saturated rings. The number of sulfone groups is 1. The summed E-state index contributed by atoms with van der Waals surface area (Å²) in [5, 5.41) is 3.23. The Morgan fingerprint density at radius 3 is 2.25 bits per heavy atom. The molecule has 0 aliphatic heterocycles. The SMILES string of the molecule is O=C(CS(=O)(=O)c1ccc(Cl)cc1)NCC1(c2ccccc2)CC1. The molecule has 0 atom stereocenters. The molecule has 1 saturated carbocycles. The van der Waals surface area contributed by atoms with Crippen molar-refractivity contribution in [3.63, 3.8) is 0 Å². The minimum atomic E-state index is -3.66. The molecule has 24 heavy (non-hydrogen) atoms. The number of hydrogen-bond acceptors (Lipinski definition) is 3. The molecule has 0 unspecified atom stereocenters. The Balaban J connectivity index is 1.61. The molecule has 1 amide bonds. The average molecular weight is 364 g/mol. The van der Waals surface area contributed by atoms with Crippen molar-refractivity contribution in [2.24, 2.45) is 0 Å². The standard InChI is InChI=1S/C18H18ClNO3S/c19-15-6-8-16(9-7-15)24(22,23)12-17(21)20-13-18(10-11-18)14-4-2-1-3-5-14/h1-9H,10-13H2,(H,20,21). The molecule has 3 rings (SSSR count). The monoisotopic (exact) mass is 363 g/mol. The van der Waals surface area contributed by atoms with Gasteiger partial charge in [0.05, 0.1) is 4.90 Å². The van der Waals surface area contributed by atoms with Crippen molar-refractivity contribution in [2.75, 3.05) is 12.3 Å². The van der Waals surface area contributed by atoms with Crippen LogP contribution in [0.2, 0.25) is 5.02 Å². The lowest BCUT2D eigenvalue weighted by molar-refractivity contribution is -0.118. The van der Waals surface area contributed by atoms with Gasteiger partial charge in [-0.2, -0.15) is 0 Å². The van der Waals surface area contributed by atoms with E-state index < -0.39 is 21.5 Å². The molecule has 0 saturated heterocycles. The van der Waals surface area contributed by atoms with Crippen molar-refractivity contribution in [3.8, 4) is 0 Å². The first-order valence-corrected chi connectivity index (χ1v) is 9.75. The lowest BCUT2D eigenvalue weighted by atomic mass is 9.96. The molecule has 2 aromatic carbocycles. The van der Waals surface area contributed by atoms with E-state index in [1.165, 1.54) is 29.8 Å². The van der Waals surface area contributed by atoms with Gasteiger partial charge < -0.3 is 5.32 Å². The highest BCUT2D eigenvalue weighted by Crippen LogP contribution is 2.47. The summed E-state index contributed by atoms with van der Waals surface area (Å²) in [6, 6.07) is 15.8. The van der Waals surface area contributed by atoms with E-state index in [4.69, 9.17) is 11.6 Å². The van der Waals surface area contributed by atoms with Gasteiger partial charge in [-0.25, -0.2) is 8.42 Å². The molecule has 4 nitrogen and oxygen atoms in total. The fourth-order valence-corrected chi connectivity index (χ4v) is 4.02. The van der Waals surface area contributed by atoms with Gasteiger partial charge >= 0.3 is 0 Å². The molecule has 1 aliphatic rings. The Hall–Kier alpha value is -1.85. The van der Waals surface area contributed by atoms with Crippen molar-refractivity contribution < 1.29 is 13.2 Å². The van der Waals surface area contributed by atoms with Gasteiger partial charge in [-0.3, -0.25) is 4.79 Å². The Morgan fingerprint density at radius 1 is 1.04 bits per heavy atom. The number of hydrogen-bond donors (Lipinski definition) is 1. The highest BCUT2D eigenvalue weighted by Gasteiger charge is 2.44. The maximum atomic E-state index is 12.3. The smallest absolute Gasteiger partial charge is 0.235 e. The highest BCUT2D eigenvalue weighted by molar-refractivity contribution is 7.92. The van der Waals surface area contributed by atoms with Crippen LogP contribution in [-0.4, -0.2) is 26.6 Å². The van der Waals surface area contributed by atoms with Crippen LogP contribution in [0.5, 0.6) is 0 Å². The number of amides is 1. The number of carbonyl (C=O) groups is 1. The van der Waals surface area contributed by atoms with E-state index in [1.54, 1.807) is 0 Å². The van der Waals surface area contributed by atoms with Gasteiger partial charge in [0.2, 0.25) is 5.91 Å². The van der Waals surface area contributed by atoms with Crippen LogP contribution in [0.15, 0.2) is 59.5 Å². The van der Waals surface area contributed by atoms with E-state index in [-0.39, 0.29) is 10.3 Å². The summed E-state index contributed by atoms with van der Waals surface area (Å²) in [6.07, 6.45) is 2.00. The number of carbonyl (C=O) groups excluding carboxylic acids is 1. The Labute approximate surface area is 146 Å². The molecule has 0 radical (unpaired) electrons. The lowest BCUT2D eigenvalue weighted by Crippen LogP contribution is -2.36. The van der Waals surface area contributed by atoms with Crippen LogP contribution in [0, 0.1) is 0 Å². The van der Waals surface area contributed by atoms with Gasteiger partial charge in [0, 0.05) is 17.0 Å². The number of rotatable bonds is 6.